The zero-order valence-electron chi connectivity index (χ0n) is 14.8. The quantitative estimate of drug-likeness (QED) is 0.487. The maximum absolute atomic E-state index is 11.5. The number of likely N-dealkylation sites (N-methyl/N-ethyl adjacent to an activating group) is 1. The van der Waals surface area contributed by atoms with Crippen molar-refractivity contribution in [2.45, 2.75) is 25.2 Å². The number of nitrogens with zero attached hydrogens (tertiary/aromatic N) is 4. The fourth-order valence-electron chi connectivity index (χ4n) is 3.27. The van der Waals surface area contributed by atoms with E-state index in [1.807, 2.05) is 17.7 Å². The summed E-state index contributed by atoms with van der Waals surface area (Å²) in [4.78, 5) is 22.5. The number of aromatic nitrogens is 3. The van der Waals surface area contributed by atoms with E-state index in [9.17, 15) is 14.9 Å². The number of amides is 1. The van der Waals surface area contributed by atoms with Crippen LogP contribution in [0, 0.1) is 16.0 Å². The molecule has 0 radical (unpaired) electrons. The number of benzene rings is 1. The highest BCUT2D eigenvalue weighted by Crippen LogP contribution is 2.43. The van der Waals surface area contributed by atoms with Gasteiger partial charge in [-0.05, 0) is 36.0 Å². The number of nitrogens with one attached hydrogen (secondary N) is 1. The molecule has 8 nitrogen and oxygen atoms in total. The minimum absolute atomic E-state index is 0.00514. The molecule has 0 saturated heterocycles. The molecule has 1 N–H and O–H groups in total. The Balaban J connectivity index is 2.07. The summed E-state index contributed by atoms with van der Waals surface area (Å²) < 4.78 is 1.86. The summed E-state index contributed by atoms with van der Waals surface area (Å²) in [6.45, 7) is 0. The summed E-state index contributed by atoms with van der Waals surface area (Å²) in [6, 6.07) is 4.97. The van der Waals surface area contributed by atoms with Gasteiger partial charge in [0.15, 0.2) is 0 Å². The first kappa shape index (κ1) is 17.8. The average molecular weight is 355 g/mol. The molecule has 8 heteroatoms. The molecule has 1 unspecified atom stereocenters. The summed E-state index contributed by atoms with van der Waals surface area (Å²) in [7, 11) is 3.41. The van der Waals surface area contributed by atoms with Crippen molar-refractivity contribution in [2.24, 2.45) is 13.0 Å². The third-order valence-electron chi connectivity index (χ3n) is 4.85. The highest BCUT2D eigenvalue weighted by Gasteiger charge is 2.33. The van der Waals surface area contributed by atoms with Crippen LogP contribution in [0.1, 0.15) is 42.1 Å². The SMILES string of the molecule is CNC(=O)/C=C/c1cc(C(c2nncn2C)C2CCC2)cc([N+](=O)[O-])c1. The van der Waals surface area contributed by atoms with Crippen LogP contribution in [-0.2, 0) is 11.8 Å². The van der Waals surface area contributed by atoms with Gasteiger partial charge in [0, 0.05) is 38.2 Å². The number of carbonyl (C=O) groups excluding carboxylic acids is 1. The minimum atomic E-state index is -0.408. The summed E-state index contributed by atoms with van der Waals surface area (Å²) >= 11 is 0. The summed E-state index contributed by atoms with van der Waals surface area (Å²) in [5.41, 5.74) is 1.45. The average Bonchev–Trinajstić information content (AvgIpc) is 3.00. The van der Waals surface area contributed by atoms with Crippen LogP contribution in [0.15, 0.2) is 30.6 Å². The fraction of sp³-hybridized carbons (Fsp3) is 0.389. The Hall–Kier alpha value is -3.03. The number of nitro groups is 1. The highest BCUT2D eigenvalue weighted by atomic mass is 16.6. The molecule has 1 heterocycles. The van der Waals surface area contributed by atoms with E-state index in [4.69, 9.17) is 0 Å². The van der Waals surface area contributed by atoms with Crippen LogP contribution in [0.3, 0.4) is 0 Å². The number of carbonyl (C=O) groups is 1. The van der Waals surface area contributed by atoms with Crippen molar-refractivity contribution in [3.05, 3.63) is 57.7 Å². The van der Waals surface area contributed by atoms with Gasteiger partial charge in [-0.1, -0.05) is 12.5 Å². The fourth-order valence-corrected chi connectivity index (χ4v) is 3.27. The number of aryl methyl sites for hydroxylation is 1. The number of hydrogen-bond acceptors (Lipinski definition) is 5. The molecule has 26 heavy (non-hydrogen) atoms. The van der Waals surface area contributed by atoms with Gasteiger partial charge in [0.1, 0.15) is 12.2 Å². The van der Waals surface area contributed by atoms with Crippen LogP contribution < -0.4 is 5.32 Å². The molecular formula is C18H21N5O3. The van der Waals surface area contributed by atoms with Crippen LogP contribution in [0.2, 0.25) is 0 Å². The van der Waals surface area contributed by atoms with Crippen LogP contribution >= 0.6 is 0 Å². The lowest BCUT2D eigenvalue weighted by Gasteiger charge is -2.33. The van der Waals surface area contributed by atoms with Gasteiger partial charge in [0.2, 0.25) is 5.91 Å². The summed E-state index contributed by atoms with van der Waals surface area (Å²) in [5, 5.41) is 22.1. The Morgan fingerprint density at radius 1 is 1.42 bits per heavy atom. The van der Waals surface area contributed by atoms with Gasteiger partial charge in [0.05, 0.1) is 4.92 Å². The Bertz CT molecular complexity index is 854. The van der Waals surface area contributed by atoms with Gasteiger partial charge >= 0.3 is 0 Å². The van der Waals surface area contributed by atoms with Gasteiger partial charge in [-0.3, -0.25) is 14.9 Å². The van der Waals surface area contributed by atoms with Crippen molar-refractivity contribution in [1.29, 1.82) is 0 Å². The first-order valence-electron chi connectivity index (χ1n) is 8.52. The van der Waals surface area contributed by atoms with Gasteiger partial charge in [-0.2, -0.15) is 0 Å². The van der Waals surface area contributed by atoms with E-state index in [0.29, 0.717) is 11.5 Å². The first-order valence-corrected chi connectivity index (χ1v) is 8.52. The van der Waals surface area contributed by atoms with E-state index in [-0.39, 0.29) is 17.5 Å². The van der Waals surface area contributed by atoms with E-state index >= 15 is 0 Å². The van der Waals surface area contributed by atoms with E-state index in [1.165, 1.54) is 19.2 Å². The second-order valence-electron chi connectivity index (χ2n) is 6.53. The molecular weight excluding hydrogens is 334 g/mol. The summed E-state index contributed by atoms with van der Waals surface area (Å²) in [6.07, 6.45) is 7.86. The molecule has 3 rings (SSSR count). The number of nitro benzene ring substituents is 1. The van der Waals surface area contributed by atoms with Crippen LogP contribution in [0.5, 0.6) is 0 Å². The monoisotopic (exact) mass is 355 g/mol. The molecule has 1 fully saturated rings. The lowest BCUT2D eigenvalue weighted by Crippen LogP contribution is -2.24. The van der Waals surface area contributed by atoms with E-state index < -0.39 is 4.92 Å². The zero-order chi connectivity index (χ0) is 18.7. The molecule has 0 spiro atoms. The number of rotatable bonds is 6. The van der Waals surface area contributed by atoms with E-state index in [2.05, 4.69) is 15.5 Å². The molecule has 136 valence electrons. The Kier molecular flexibility index (Phi) is 5.11. The Labute approximate surface area is 151 Å². The largest absolute Gasteiger partial charge is 0.356 e. The normalized spacial score (nSPS) is 15.6. The van der Waals surface area contributed by atoms with Gasteiger partial charge in [-0.25, -0.2) is 0 Å². The Morgan fingerprint density at radius 3 is 2.73 bits per heavy atom. The van der Waals surface area contributed by atoms with Gasteiger partial charge < -0.3 is 9.88 Å². The summed E-state index contributed by atoms with van der Waals surface area (Å²) in [5.74, 6) is 0.873. The minimum Gasteiger partial charge on any atom is -0.356 e. The number of hydrogen-bond donors (Lipinski definition) is 1. The lowest BCUT2D eigenvalue weighted by atomic mass is 9.72. The molecule has 1 aliphatic rings. The molecule has 1 aromatic carbocycles. The molecule has 1 amide bonds. The van der Waals surface area contributed by atoms with Crippen molar-refractivity contribution in [2.75, 3.05) is 7.05 Å². The van der Waals surface area contributed by atoms with Crippen LogP contribution in [0.4, 0.5) is 5.69 Å². The smallest absolute Gasteiger partial charge is 0.270 e. The lowest BCUT2D eigenvalue weighted by molar-refractivity contribution is -0.384. The second kappa shape index (κ2) is 7.47. The van der Waals surface area contributed by atoms with E-state index in [0.717, 1.165) is 30.7 Å². The maximum Gasteiger partial charge on any atom is 0.270 e. The van der Waals surface area contributed by atoms with Crippen molar-refractivity contribution in [3.8, 4) is 0 Å². The maximum atomic E-state index is 11.5. The molecule has 1 aliphatic carbocycles. The van der Waals surface area contributed by atoms with Gasteiger partial charge in [0.25, 0.3) is 5.69 Å². The highest BCUT2D eigenvalue weighted by molar-refractivity contribution is 5.91. The zero-order valence-corrected chi connectivity index (χ0v) is 14.8. The van der Waals surface area contributed by atoms with Crippen molar-refractivity contribution in [1.82, 2.24) is 20.1 Å². The molecule has 0 bridgehead atoms. The number of non-ortho nitro benzene ring substituents is 1. The topological polar surface area (TPSA) is 103 Å². The predicted molar refractivity (Wildman–Crippen MR) is 96.4 cm³/mol. The van der Waals surface area contributed by atoms with Crippen molar-refractivity contribution < 1.29 is 9.72 Å². The second-order valence-corrected chi connectivity index (χ2v) is 6.53. The van der Waals surface area contributed by atoms with E-state index in [1.54, 1.807) is 18.5 Å². The molecule has 2 aromatic rings. The Morgan fingerprint density at radius 2 is 2.19 bits per heavy atom. The molecule has 1 saturated carbocycles. The van der Waals surface area contributed by atoms with Crippen molar-refractivity contribution in [3.63, 3.8) is 0 Å². The molecule has 1 atom stereocenters. The van der Waals surface area contributed by atoms with Crippen molar-refractivity contribution >= 4 is 17.7 Å². The third-order valence-corrected chi connectivity index (χ3v) is 4.85. The standard InChI is InChI=1S/C18H21N5O3/c1-19-16(24)7-6-12-8-14(10-15(9-12)23(25)26)17(13-4-3-5-13)18-21-20-11-22(18)2/h6-11,13,17H,3-5H2,1-2H3,(H,19,24)/b7-6+. The van der Waals surface area contributed by atoms with Crippen LogP contribution in [0.25, 0.3) is 6.08 Å². The van der Waals surface area contributed by atoms with Crippen LogP contribution in [-0.4, -0.2) is 32.6 Å². The predicted octanol–water partition coefficient (Wildman–Crippen LogP) is 2.41. The van der Waals surface area contributed by atoms with Gasteiger partial charge in [-0.15, -0.1) is 10.2 Å². The third kappa shape index (κ3) is 3.63. The molecule has 1 aromatic heterocycles. The first-order chi connectivity index (χ1) is 12.5. The molecule has 0 aliphatic heterocycles.